The first-order chi connectivity index (χ1) is 16.2. The molecule has 9 heteroatoms. The van der Waals surface area contributed by atoms with Crippen molar-refractivity contribution in [1.82, 2.24) is 9.88 Å². The summed E-state index contributed by atoms with van der Waals surface area (Å²) >= 11 is 6.00. The molecule has 0 aliphatic heterocycles. The zero-order chi connectivity index (χ0) is 24.4. The van der Waals surface area contributed by atoms with Crippen LogP contribution in [0.2, 0.25) is 5.02 Å². The summed E-state index contributed by atoms with van der Waals surface area (Å²) in [5.41, 5.74) is 3.35. The second kappa shape index (κ2) is 12.9. The number of carbonyl (C=O) groups excluding carboxylic acids is 1. The number of phenolic OH excluding ortho intramolecular Hbond substituents is 1. The maximum absolute atomic E-state index is 14.1. The molecule has 0 spiro atoms. The molecule has 0 amide bonds. The van der Waals surface area contributed by atoms with Crippen LogP contribution in [0.15, 0.2) is 36.5 Å². The molecule has 1 aromatic heterocycles. The number of fused-ring (bicyclic) bond motifs is 1. The van der Waals surface area contributed by atoms with Gasteiger partial charge in [-0.05, 0) is 101 Å². The van der Waals surface area contributed by atoms with E-state index in [-0.39, 0.29) is 41.7 Å². The van der Waals surface area contributed by atoms with E-state index in [4.69, 9.17) is 11.6 Å². The van der Waals surface area contributed by atoms with E-state index < -0.39 is 11.6 Å². The Morgan fingerprint density at radius 2 is 1.83 bits per heavy atom. The monoisotopic (exact) mass is 555 g/mol. The number of phenols is 1. The van der Waals surface area contributed by atoms with Crippen molar-refractivity contribution < 1.29 is 14.3 Å². The lowest BCUT2D eigenvalue weighted by atomic mass is 9.83. The standard InChI is InChI=1S/C27H31ClFN3O2.2ClH/c1-16(33)22-15-30-25-9-6-18(19-13-23(28)27(34)24(29)14-19)12-21(25)26(22)31-20-7-4-17(5-8-20)10-11-32(2)3;;/h6,9,12-15,17,20,34H,4-5,7-8,10-11H2,1-3H3,(H,30,31);2*1H/t17-,20-;;. The molecule has 2 N–H and O–H groups in total. The molecule has 0 unspecified atom stereocenters. The molecule has 0 radical (unpaired) electrons. The summed E-state index contributed by atoms with van der Waals surface area (Å²) in [6, 6.07) is 8.67. The van der Waals surface area contributed by atoms with E-state index in [1.54, 1.807) is 13.1 Å². The van der Waals surface area contributed by atoms with Crippen molar-refractivity contribution in [1.29, 1.82) is 0 Å². The number of Topliss-reactive ketones (excluding diaryl/α,β-unsaturated/α-hetero) is 1. The van der Waals surface area contributed by atoms with Gasteiger partial charge in [0, 0.05) is 17.6 Å². The second-order valence-electron chi connectivity index (χ2n) is 9.58. The first kappa shape index (κ1) is 30.1. The van der Waals surface area contributed by atoms with Crippen LogP contribution in [0.4, 0.5) is 10.1 Å². The topological polar surface area (TPSA) is 65.5 Å². The molecule has 1 fully saturated rings. The highest BCUT2D eigenvalue weighted by atomic mass is 35.5. The van der Waals surface area contributed by atoms with Crippen LogP contribution in [0.1, 0.15) is 49.4 Å². The van der Waals surface area contributed by atoms with Crippen LogP contribution in [0, 0.1) is 11.7 Å². The lowest BCUT2D eigenvalue weighted by Gasteiger charge is -2.31. The van der Waals surface area contributed by atoms with Crippen LogP contribution >= 0.6 is 36.4 Å². The van der Waals surface area contributed by atoms with Crippen LogP contribution in [-0.4, -0.2) is 47.5 Å². The first-order valence-corrected chi connectivity index (χ1v) is 12.1. The highest BCUT2D eigenvalue weighted by Crippen LogP contribution is 2.37. The Bertz CT molecular complexity index is 1190. The normalized spacial score (nSPS) is 17.4. The van der Waals surface area contributed by atoms with Crippen molar-refractivity contribution in [2.75, 3.05) is 26.0 Å². The molecule has 4 rings (SSSR count). The van der Waals surface area contributed by atoms with E-state index in [2.05, 4.69) is 29.3 Å². The van der Waals surface area contributed by atoms with Gasteiger partial charge in [0.15, 0.2) is 17.3 Å². The number of nitrogens with one attached hydrogen (secondary N) is 1. The number of pyridine rings is 1. The van der Waals surface area contributed by atoms with Gasteiger partial charge < -0.3 is 15.3 Å². The van der Waals surface area contributed by atoms with Crippen molar-refractivity contribution >= 4 is 58.8 Å². The van der Waals surface area contributed by atoms with Crippen molar-refractivity contribution in [2.45, 2.75) is 45.1 Å². The van der Waals surface area contributed by atoms with Crippen LogP contribution in [0.25, 0.3) is 22.0 Å². The number of benzene rings is 2. The fourth-order valence-corrected chi connectivity index (χ4v) is 4.97. The molecule has 5 nitrogen and oxygen atoms in total. The molecule has 36 heavy (non-hydrogen) atoms. The summed E-state index contributed by atoms with van der Waals surface area (Å²) in [6.45, 7) is 2.65. The highest BCUT2D eigenvalue weighted by molar-refractivity contribution is 6.32. The van der Waals surface area contributed by atoms with Crippen molar-refractivity contribution in [2.24, 2.45) is 5.92 Å². The Kier molecular flexibility index (Phi) is 10.8. The fourth-order valence-electron chi connectivity index (χ4n) is 4.77. The molecule has 0 atom stereocenters. The van der Waals surface area contributed by atoms with Gasteiger partial charge in [-0.3, -0.25) is 9.78 Å². The Labute approximate surface area is 229 Å². The molecule has 1 heterocycles. The van der Waals surface area contributed by atoms with Crippen LogP contribution in [0.5, 0.6) is 5.75 Å². The van der Waals surface area contributed by atoms with Crippen LogP contribution in [0.3, 0.4) is 0 Å². The lowest BCUT2D eigenvalue weighted by molar-refractivity contribution is 0.101. The zero-order valence-corrected chi connectivity index (χ0v) is 23.1. The Morgan fingerprint density at radius 1 is 1.14 bits per heavy atom. The van der Waals surface area contributed by atoms with Gasteiger partial charge in [-0.2, -0.15) is 0 Å². The number of anilines is 1. The van der Waals surface area contributed by atoms with E-state index in [1.165, 1.54) is 31.4 Å². The smallest absolute Gasteiger partial charge is 0.170 e. The van der Waals surface area contributed by atoms with Gasteiger partial charge >= 0.3 is 0 Å². The number of aromatic nitrogens is 1. The van der Waals surface area contributed by atoms with E-state index >= 15 is 0 Å². The molecular weight excluding hydrogens is 524 g/mol. The summed E-state index contributed by atoms with van der Waals surface area (Å²) in [5, 5.41) is 14.1. The van der Waals surface area contributed by atoms with Gasteiger partial charge in [0.1, 0.15) is 0 Å². The molecule has 1 aliphatic carbocycles. The summed E-state index contributed by atoms with van der Waals surface area (Å²) in [5.74, 6) is -0.652. The van der Waals surface area contributed by atoms with Gasteiger partial charge in [0.25, 0.3) is 0 Å². The third-order valence-electron chi connectivity index (χ3n) is 6.78. The molecule has 2 aromatic carbocycles. The number of hydrogen-bond donors (Lipinski definition) is 2. The zero-order valence-electron chi connectivity index (χ0n) is 20.7. The summed E-state index contributed by atoms with van der Waals surface area (Å²) in [6.07, 6.45) is 7.29. The number of carbonyl (C=O) groups is 1. The average molecular weight is 557 g/mol. The first-order valence-electron chi connectivity index (χ1n) is 11.8. The van der Waals surface area contributed by atoms with E-state index in [0.29, 0.717) is 11.1 Å². The lowest BCUT2D eigenvalue weighted by Crippen LogP contribution is -2.28. The van der Waals surface area contributed by atoms with Gasteiger partial charge in [-0.15, -0.1) is 24.8 Å². The van der Waals surface area contributed by atoms with Crippen LogP contribution in [-0.2, 0) is 0 Å². The number of aromatic hydroxyl groups is 1. The van der Waals surface area contributed by atoms with Crippen molar-refractivity contribution in [3.8, 4) is 16.9 Å². The van der Waals surface area contributed by atoms with E-state index in [1.807, 2.05) is 18.2 Å². The fraction of sp³-hybridized carbons (Fsp3) is 0.407. The van der Waals surface area contributed by atoms with Crippen LogP contribution < -0.4 is 5.32 Å². The largest absolute Gasteiger partial charge is 0.504 e. The van der Waals surface area contributed by atoms with E-state index in [0.717, 1.165) is 47.5 Å². The van der Waals surface area contributed by atoms with E-state index in [9.17, 15) is 14.3 Å². The predicted molar refractivity (Wildman–Crippen MR) is 151 cm³/mol. The Hall–Kier alpha value is -2.12. The van der Waals surface area contributed by atoms with Gasteiger partial charge in [0.05, 0.1) is 21.8 Å². The predicted octanol–water partition coefficient (Wildman–Crippen LogP) is 7.37. The Morgan fingerprint density at radius 3 is 2.44 bits per heavy atom. The van der Waals surface area contributed by atoms with Gasteiger partial charge in [0.2, 0.25) is 0 Å². The molecule has 1 aliphatic rings. The maximum Gasteiger partial charge on any atom is 0.170 e. The number of halogens is 4. The number of rotatable bonds is 7. The highest BCUT2D eigenvalue weighted by Gasteiger charge is 2.23. The molecule has 3 aromatic rings. The molecule has 0 bridgehead atoms. The minimum Gasteiger partial charge on any atom is -0.504 e. The number of ketones is 1. The Balaban J connectivity index is 0.00000228. The minimum atomic E-state index is -0.775. The third-order valence-corrected chi connectivity index (χ3v) is 7.07. The SMILES string of the molecule is CC(=O)c1cnc2ccc(-c3cc(F)c(O)c(Cl)c3)cc2c1N[C@H]1CC[C@H](CCN(C)C)CC1.Cl.Cl. The summed E-state index contributed by atoms with van der Waals surface area (Å²) in [7, 11) is 4.22. The van der Waals surface area contributed by atoms with Gasteiger partial charge in [-0.1, -0.05) is 17.7 Å². The summed E-state index contributed by atoms with van der Waals surface area (Å²) < 4.78 is 14.1. The second-order valence-corrected chi connectivity index (χ2v) is 9.98. The summed E-state index contributed by atoms with van der Waals surface area (Å²) in [4.78, 5) is 19.2. The average Bonchev–Trinajstić information content (AvgIpc) is 2.81. The third kappa shape index (κ3) is 6.80. The number of nitrogens with zero attached hydrogens (tertiary/aromatic N) is 2. The minimum absolute atomic E-state index is 0. The maximum atomic E-state index is 14.1. The quantitative estimate of drug-likeness (QED) is 0.298. The molecular formula is C27H33Cl3FN3O2. The molecule has 1 saturated carbocycles. The molecule has 196 valence electrons. The number of hydrogen-bond acceptors (Lipinski definition) is 5. The van der Waals surface area contributed by atoms with Gasteiger partial charge in [-0.25, -0.2) is 4.39 Å². The van der Waals surface area contributed by atoms with Crippen molar-refractivity contribution in [3.05, 3.63) is 52.9 Å². The molecule has 0 saturated heterocycles. The van der Waals surface area contributed by atoms with Crippen molar-refractivity contribution in [3.63, 3.8) is 0 Å².